The lowest BCUT2D eigenvalue weighted by Gasteiger charge is -2.11. The number of ether oxygens (including phenoxy) is 2. The third-order valence-corrected chi connectivity index (χ3v) is 3.92. The quantitative estimate of drug-likeness (QED) is 0.565. The fraction of sp³-hybridized carbons (Fsp3) is 0.556. The van der Waals surface area contributed by atoms with Crippen molar-refractivity contribution in [2.24, 2.45) is 0 Å². The van der Waals surface area contributed by atoms with Gasteiger partial charge in [-0.05, 0) is 50.5 Å². The maximum atomic E-state index is 11.8. The van der Waals surface area contributed by atoms with Crippen LogP contribution in [-0.2, 0) is 9.47 Å². The van der Waals surface area contributed by atoms with Gasteiger partial charge in [-0.25, -0.2) is 9.59 Å². The summed E-state index contributed by atoms with van der Waals surface area (Å²) in [6, 6.07) is 6.34. The normalized spacial score (nSPS) is 14.4. The van der Waals surface area contributed by atoms with Crippen LogP contribution in [0.4, 0.5) is 10.5 Å². The van der Waals surface area contributed by atoms with Crippen molar-refractivity contribution in [2.45, 2.75) is 45.1 Å². The Morgan fingerprint density at radius 3 is 2.54 bits per heavy atom. The lowest BCUT2D eigenvalue weighted by Crippen LogP contribution is -2.30. The maximum Gasteiger partial charge on any atom is 0.338 e. The Balaban J connectivity index is 1.62. The smallest absolute Gasteiger partial charge is 0.338 e. The molecule has 0 heterocycles. The molecule has 0 bridgehead atoms. The van der Waals surface area contributed by atoms with E-state index < -0.39 is 0 Å². The van der Waals surface area contributed by atoms with Crippen LogP contribution in [0.1, 0.15) is 49.4 Å². The van der Waals surface area contributed by atoms with Crippen LogP contribution in [-0.4, -0.2) is 37.9 Å². The molecule has 6 heteroatoms. The summed E-state index contributed by atoms with van der Waals surface area (Å²) in [7, 11) is 0. The van der Waals surface area contributed by atoms with Crippen molar-refractivity contribution in [2.75, 3.05) is 25.1 Å². The number of rotatable bonds is 8. The number of nitrogens with one attached hydrogen (secondary N) is 2. The fourth-order valence-electron chi connectivity index (χ4n) is 2.66. The Morgan fingerprint density at radius 1 is 1.17 bits per heavy atom. The second-order valence-corrected chi connectivity index (χ2v) is 5.81. The molecule has 132 valence electrons. The molecule has 2 amide bonds. The molecule has 0 unspecified atom stereocenters. The van der Waals surface area contributed by atoms with E-state index in [4.69, 9.17) is 9.47 Å². The van der Waals surface area contributed by atoms with Crippen LogP contribution in [0, 0.1) is 0 Å². The molecule has 24 heavy (non-hydrogen) atoms. The lowest BCUT2D eigenvalue weighted by molar-refractivity contribution is 0.0526. The van der Waals surface area contributed by atoms with Crippen LogP contribution in [0.25, 0.3) is 0 Å². The molecule has 1 saturated carbocycles. The Morgan fingerprint density at radius 2 is 1.88 bits per heavy atom. The van der Waals surface area contributed by atoms with E-state index in [2.05, 4.69) is 10.6 Å². The van der Waals surface area contributed by atoms with E-state index in [-0.39, 0.29) is 12.0 Å². The second kappa shape index (κ2) is 9.93. The first-order valence-corrected chi connectivity index (χ1v) is 8.62. The number of anilines is 1. The van der Waals surface area contributed by atoms with Gasteiger partial charge in [-0.15, -0.1) is 0 Å². The number of amides is 2. The summed E-state index contributed by atoms with van der Waals surface area (Å²) < 4.78 is 10.7. The van der Waals surface area contributed by atoms with Gasteiger partial charge in [-0.3, -0.25) is 0 Å². The number of urea groups is 1. The van der Waals surface area contributed by atoms with E-state index in [1.165, 1.54) is 12.8 Å². The number of esters is 1. The predicted octanol–water partition coefficient (Wildman–Crippen LogP) is 3.33. The highest BCUT2D eigenvalue weighted by Gasteiger charge is 2.14. The summed E-state index contributed by atoms with van der Waals surface area (Å²) >= 11 is 0. The largest absolute Gasteiger partial charge is 0.462 e. The molecule has 1 aromatic carbocycles. The molecule has 1 aliphatic carbocycles. The van der Waals surface area contributed by atoms with Crippen molar-refractivity contribution in [3.8, 4) is 0 Å². The average Bonchev–Trinajstić information content (AvgIpc) is 3.09. The van der Waals surface area contributed by atoms with Crippen molar-refractivity contribution < 1.29 is 19.1 Å². The van der Waals surface area contributed by atoms with E-state index in [0.29, 0.717) is 37.1 Å². The van der Waals surface area contributed by atoms with Crippen molar-refractivity contribution in [3.05, 3.63) is 29.8 Å². The molecule has 0 radical (unpaired) electrons. The van der Waals surface area contributed by atoms with Crippen molar-refractivity contribution in [1.29, 1.82) is 0 Å². The number of hydrogen-bond acceptors (Lipinski definition) is 4. The van der Waals surface area contributed by atoms with Crippen molar-refractivity contribution in [1.82, 2.24) is 5.32 Å². The topological polar surface area (TPSA) is 76.7 Å². The van der Waals surface area contributed by atoms with Gasteiger partial charge in [-0.2, -0.15) is 0 Å². The first kappa shape index (κ1) is 18.3. The monoisotopic (exact) mass is 334 g/mol. The molecule has 2 N–H and O–H groups in total. The highest BCUT2D eigenvalue weighted by molar-refractivity contribution is 5.92. The predicted molar refractivity (Wildman–Crippen MR) is 92.2 cm³/mol. The van der Waals surface area contributed by atoms with Gasteiger partial charge in [0.1, 0.15) is 0 Å². The standard InChI is InChI=1S/C18H26N2O4/c1-2-23-17(21)14-8-10-15(11-9-14)20-18(22)19-12-5-13-24-16-6-3-4-7-16/h8-11,16H,2-7,12-13H2,1H3,(H2,19,20,22). The minimum atomic E-state index is -0.365. The van der Waals surface area contributed by atoms with Crippen LogP contribution in [0.5, 0.6) is 0 Å². The minimum Gasteiger partial charge on any atom is -0.462 e. The van der Waals surface area contributed by atoms with Crippen molar-refractivity contribution in [3.63, 3.8) is 0 Å². The van der Waals surface area contributed by atoms with Gasteiger partial charge in [0.2, 0.25) is 0 Å². The van der Waals surface area contributed by atoms with Gasteiger partial charge in [0.25, 0.3) is 0 Å². The summed E-state index contributed by atoms with van der Waals surface area (Å²) in [5, 5.41) is 5.52. The number of hydrogen-bond donors (Lipinski definition) is 2. The summed E-state index contributed by atoms with van der Waals surface area (Å²) in [5.41, 5.74) is 1.09. The van der Waals surface area contributed by atoms with Gasteiger partial charge in [0, 0.05) is 18.8 Å². The van der Waals surface area contributed by atoms with Crippen LogP contribution in [0.15, 0.2) is 24.3 Å². The first-order valence-electron chi connectivity index (χ1n) is 8.62. The summed E-state index contributed by atoms with van der Waals surface area (Å²) in [5.74, 6) is -0.365. The van der Waals surface area contributed by atoms with Crippen LogP contribution < -0.4 is 10.6 Å². The van der Waals surface area contributed by atoms with E-state index in [1.54, 1.807) is 31.2 Å². The Bertz CT molecular complexity index is 524. The molecule has 6 nitrogen and oxygen atoms in total. The SMILES string of the molecule is CCOC(=O)c1ccc(NC(=O)NCCCOC2CCCC2)cc1. The second-order valence-electron chi connectivity index (χ2n) is 5.81. The molecule has 0 atom stereocenters. The van der Waals surface area contributed by atoms with E-state index in [9.17, 15) is 9.59 Å². The highest BCUT2D eigenvalue weighted by Crippen LogP contribution is 2.20. The molecule has 1 aromatic rings. The molecule has 1 aliphatic rings. The van der Waals surface area contributed by atoms with Crippen molar-refractivity contribution >= 4 is 17.7 Å². The number of carbonyl (C=O) groups is 2. The Kier molecular flexibility index (Phi) is 7.55. The molecule has 0 spiro atoms. The molecular weight excluding hydrogens is 308 g/mol. The third kappa shape index (κ3) is 6.20. The number of benzene rings is 1. The Labute approximate surface area is 142 Å². The molecule has 0 saturated heterocycles. The Hall–Kier alpha value is -2.08. The molecule has 0 aliphatic heterocycles. The third-order valence-electron chi connectivity index (χ3n) is 3.92. The molecule has 2 rings (SSSR count). The highest BCUT2D eigenvalue weighted by atomic mass is 16.5. The zero-order valence-electron chi connectivity index (χ0n) is 14.2. The molecular formula is C18H26N2O4. The first-order chi connectivity index (χ1) is 11.7. The van der Waals surface area contributed by atoms with Gasteiger partial charge in [-0.1, -0.05) is 12.8 Å². The zero-order valence-corrected chi connectivity index (χ0v) is 14.2. The van der Waals surface area contributed by atoms with E-state index in [0.717, 1.165) is 19.3 Å². The maximum absolute atomic E-state index is 11.8. The van der Waals surface area contributed by atoms with Crippen LogP contribution >= 0.6 is 0 Å². The van der Waals surface area contributed by atoms with Gasteiger partial charge >= 0.3 is 12.0 Å². The van der Waals surface area contributed by atoms with E-state index in [1.807, 2.05) is 0 Å². The molecule has 1 fully saturated rings. The van der Waals surface area contributed by atoms with Gasteiger partial charge < -0.3 is 20.1 Å². The lowest BCUT2D eigenvalue weighted by atomic mass is 10.2. The van der Waals surface area contributed by atoms with Crippen LogP contribution in [0.2, 0.25) is 0 Å². The summed E-state index contributed by atoms with van der Waals surface area (Å²) in [4.78, 5) is 23.3. The fourth-order valence-corrected chi connectivity index (χ4v) is 2.66. The average molecular weight is 334 g/mol. The van der Waals surface area contributed by atoms with E-state index >= 15 is 0 Å². The van der Waals surface area contributed by atoms with Crippen LogP contribution in [0.3, 0.4) is 0 Å². The van der Waals surface area contributed by atoms with Gasteiger partial charge in [0.15, 0.2) is 0 Å². The zero-order chi connectivity index (χ0) is 17.2. The van der Waals surface area contributed by atoms with Gasteiger partial charge in [0.05, 0.1) is 18.3 Å². The minimum absolute atomic E-state index is 0.264. The summed E-state index contributed by atoms with van der Waals surface area (Å²) in [6.45, 7) is 3.35. The molecule has 0 aromatic heterocycles. The summed E-state index contributed by atoms with van der Waals surface area (Å²) in [6.07, 6.45) is 6.06. The number of carbonyl (C=O) groups excluding carboxylic acids is 2.